The molecule has 6 heteroatoms. The number of benzene rings is 1. The van der Waals surface area contributed by atoms with Crippen molar-refractivity contribution in [3.05, 3.63) is 58.3 Å². The second-order valence-corrected chi connectivity index (χ2v) is 8.67. The standard InChI is InChI=1S/C21H24N2O3S/c1-21(26)11-12-23(20(25)15-9-10-15)17(16-8-5-13-27-16)18(21)22-19(24)14-6-3-2-4-7-14/h2-8,13,15,17-18,26H,9-12H2,1H3,(H,22,24). The summed E-state index contributed by atoms with van der Waals surface area (Å²) in [7, 11) is 0. The molecule has 2 fully saturated rings. The van der Waals surface area contributed by atoms with Gasteiger partial charge in [0, 0.05) is 22.9 Å². The summed E-state index contributed by atoms with van der Waals surface area (Å²) in [5, 5.41) is 16.1. The van der Waals surface area contributed by atoms with E-state index < -0.39 is 11.6 Å². The minimum Gasteiger partial charge on any atom is -0.388 e. The lowest BCUT2D eigenvalue weighted by molar-refractivity contribution is -0.143. The molecule has 3 atom stereocenters. The number of amides is 2. The first-order valence-corrected chi connectivity index (χ1v) is 10.3. The van der Waals surface area contributed by atoms with Gasteiger partial charge in [-0.3, -0.25) is 9.59 Å². The lowest BCUT2D eigenvalue weighted by atomic mass is 9.81. The van der Waals surface area contributed by atoms with Gasteiger partial charge in [0.1, 0.15) is 0 Å². The second kappa shape index (κ2) is 7.09. The second-order valence-electron chi connectivity index (χ2n) is 7.69. The van der Waals surface area contributed by atoms with E-state index in [2.05, 4.69) is 5.32 Å². The quantitative estimate of drug-likeness (QED) is 0.851. The van der Waals surface area contributed by atoms with Crippen LogP contribution in [-0.2, 0) is 4.79 Å². The summed E-state index contributed by atoms with van der Waals surface area (Å²) in [5.41, 5.74) is -0.553. The molecule has 2 N–H and O–H groups in total. The molecule has 0 bridgehead atoms. The molecule has 1 aromatic carbocycles. The Morgan fingerprint density at radius 1 is 1.19 bits per heavy atom. The normalized spacial score (nSPS) is 28.0. The number of likely N-dealkylation sites (tertiary alicyclic amines) is 1. The van der Waals surface area contributed by atoms with Crippen molar-refractivity contribution in [3.8, 4) is 0 Å². The highest BCUT2D eigenvalue weighted by atomic mass is 32.1. The molecule has 142 valence electrons. The Hall–Kier alpha value is -2.18. The summed E-state index contributed by atoms with van der Waals surface area (Å²) >= 11 is 1.55. The topological polar surface area (TPSA) is 69.6 Å². The van der Waals surface area contributed by atoms with E-state index in [-0.39, 0.29) is 23.8 Å². The molecule has 1 saturated heterocycles. The molecule has 1 aromatic heterocycles. The zero-order valence-corrected chi connectivity index (χ0v) is 16.1. The number of carbonyl (C=O) groups is 2. The molecule has 1 saturated carbocycles. The van der Waals surface area contributed by atoms with Gasteiger partial charge >= 0.3 is 0 Å². The summed E-state index contributed by atoms with van der Waals surface area (Å²) in [6, 6.07) is 12.0. The van der Waals surface area contributed by atoms with Gasteiger partial charge in [-0.25, -0.2) is 0 Å². The predicted molar refractivity (Wildman–Crippen MR) is 104 cm³/mol. The Morgan fingerprint density at radius 2 is 1.93 bits per heavy atom. The van der Waals surface area contributed by atoms with E-state index in [9.17, 15) is 14.7 Å². The van der Waals surface area contributed by atoms with Crippen molar-refractivity contribution >= 4 is 23.2 Å². The van der Waals surface area contributed by atoms with Crippen molar-refractivity contribution in [1.29, 1.82) is 0 Å². The van der Waals surface area contributed by atoms with E-state index in [0.717, 1.165) is 17.7 Å². The largest absolute Gasteiger partial charge is 0.388 e. The lowest BCUT2D eigenvalue weighted by Crippen LogP contribution is -2.63. The predicted octanol–water partition coefficient (Wildman–Crippen LogP) is 2.98. The molecule has 2 amide bonds. The van der Waals surface area contributed by atoms with Gasteiger partial charge in [0.15, 0.2) is 0 Å². The first-order valence-electron chi connectivity index (χ1n) is 9.39. The van der Waals surface area contributed by atoms with E-state index in [4.69, 9.17) is 0 Å². The molecule has 1 aliphatic heterocycles. The number of hydrogen-bond acceptors (Lipinski definition) is 4. The van der Waals surface area contributed by atoms with Crippen LogP contribution in [0.4, 0.5) is 0 Å². The van der Waals surface area contributed by atoms with Crippen LogP contribution in [0, 0.1) is 5.92 Å². The van der Waals surface area contributed by atoms with Gasteiger partial charge in [0.25, 0.3) is 5.91 Å². The van der Waals surface area contributed by atoms with Crippen LogP contribution in [0.3, 0.4) is 0 Å². The molecule has 2 aliphatic rings. The highest BCUT2D eigenvalue weighted by Gasteiger charge is 2.50. The van der Waals surface area contributed by atoms with E-state index in [1.165, 1.54) is 0 Å². The van der Waals surface area contributed by atoms with E-state index in [0.29, 0.717) is 18.5 Å². The number of thiophene rings is 1. The SMILES string of the molecule is CC1(O)CCN(C(=O)C2CC2)C(c2cccs2)C1NC(=O)c1ccccc1. The maximum absolute atomic E-state index is 12.9. The van der Waals surface area contributed by atoms with Crippen LogP contribution < -0.4 is 5.32 Å². The molecular formula is C21H24N2O3S. The lowest BCUT2D eigenvalue weighted by Gasteiger charge is -2.48. The molecule has 0 spiro atoms. The van der Waals surface area contributed by atoms with Crippen molar-refractivity contribution in [3.63, 3.8) is 0 Å². The fraction of sp³-hybridized carbons (Fsp3) is 0.429. The van der Waals surface area contributed by atoms with Crippen LogP contribution in [0.1, 0.15) is 47.5 Å². The minimum absolute atomic E-state index is 0.0981. The Bertz CT molecular complexity index is 815. The number of piperidine rings is 1. The Labute approximate surface area is 163 Å². The summed E-state index contributed by atoms with van der Waals surface area (Å²) in [5.74, 6) is 0.00648. The monoisotopic (exact) mass is 384 g/mol. The fourth-order valence-electron chi connectivity index (χ4n) is 3.80. The first kappa shape index (κ1) is 18.2. The van der Waals surface area contributed by atoms with Crippen LogP contribution in [0.25, 0.3) is 0 Å². The van der Waals surface area contributed by atoms with Gasteiger partial charge in [-0.1, -0.05) is 24.3 Å². The molecule has 2 aromatic rings. The molecule has 4 rings (SSSR count). The number of carbonyl (C=O) groups excluding carboxylic acids is 2. The van der Waals surface area contributed by atoms with Crippen molar-refractivity contribution in [2.75, 3.05) is 6.54 Å². The van der Waals surface area contributed by atoms with Crippen LogP contribution in [0.2, 0.25) is 0 Å². The van der Waals surface area contributed by atoms with Gasteiger partial charge < -0.3 is 15.3 Å². The number of nitrogens with one attached hydrogen (secondary N) is 1. The minimum atomic E-state index is -1.10. The van der Waals surface area contributed by atoms with Crippen LogP contribution in [0.5, 0.6) is 0 Å². The number of aliphatic hydroxyl groups is 1. The van der Waals surface area contributed by atoms with E-state index >= 15 is 0 Å². The molecular weight excluding hydrogens is 360 g/mol. The third kappa shape index (κ3) is 3.64. The zero-order chi connectivity index (χ0) is 19.0. The third-order valence-corrected chi connectivity index (χ3v) is 6.49. The van der Waals surface area contributed by atoms with Crippen LogP contribution in [-0.4, -0.2) is 40.0 Å². The van der Waals surface area contributed by atoms with Crippen molar-refractivity contribution < 1.29 is 14.7 Å². The number of hydrogen-bond donors (Lipinski definition) is 2. The maximum Gasteiger partial charge on any atom is 0.251 e. The fourth-order valence-corrected chi connectivity index (χ4v) is 4.67. The van der Waals surface area contributed by atoms with Gasteiger partial charge in [-0.2, -0.15) is 0 Å². The Balaban J connectivity index is 1.67. The van der Waals surface area contributed by atoms with E-state index in [1.54, 1.807) is 30.4 Å². The molecule has 3 unspecified atom stereocenters. The Morgan fingerprint density at radius 3 is 2.56 bits per heavy atom. The van der Waals surface area contributed by atoms with Crippen LogP contribution >= 0.6 is 11.3 Å². The van der Waals surface area contributed by atoms with Gasteiger partial charge in [0.05, 0.1) is 17.7 Å². The average Bonchev–Trinajstić information content (AvgIpc) is 3.38. The smallest absolute Gasteiger partial charge is 0.251 e. The number of rotatable bonds is 4. The van der Waals surface area contributed by atoms with Crippen molar-refractivity contribution in [2.45, 2.75) is 43.9 Å². The summed E-state index contributed by atoms with van der Waals surface area (Å²) in [6.07, 6.45) is 2.31. The highest BCUT2D eigenvalue weighted by molar-refractivity contribution is 7.10. The zero-order valence-electron chi connectivity index (χ0n) is 15.3. The molecule has 2 heterocycles. The average molecular weight is 385 g/mol. The third-order valence-electron chi connectivity index (χ3n) is 5.55. The summed E-state index contributed by atoms with van der Waals surface area (Å²) in [6.45, 7) is 2.26. The highest BCUT2D eigenvalue weighted by Crippen LogP contribution is 2.42. The summed E-state index contributed by atoms with van der Waals surface area (Å²) in [4.78, 5) is 28.6. The summed E-state index contributed by atoms with van der Waals surface area (Å²) < 4.78 is 0. The Kier molecular flexibility index (Phi) is 4.78. The molecule has 27 heavy (non-hydrogen) atoms. The van der Waals surface area contributed by atoms with E-state index in [1.807, 2.05) is 40.6 Å². The van der Waals surface area contributed by atoms with Gasteiger partial charge in [0.2, 0.25) is 5.91 Å². The van der Waals surface area contributed by atoms with Crippen molar-refractivity contribution in [2.24, 2.45) is 5.92 Å². The molecule has 1 aliphatic carbocycles. The van der Waals surface area contributed by atoms with Gasteiger partial charge in [-0.05, 0) is 49.8 Å². The molecule has 0 radical (unpaired) electrons. The van der Waals surface area contributed by atoms with Gasteiger partial charge in [-0.15, -0.1) is 11.3 Å². The molecule has 5 nitrogen and oxygen atoms in total. The maximum atomic E-state index is 12.9. The number of nitrogens with zero attached hydrogens (tertiary/aromatic N) is 1. The van der Waals surface area contributed by atoms with Crippen LogP contribution in [0.15, 0.2) is 47.8 Å². The van der Waals surface area contributed by atoms with Crippen molar-refractivity contribution in [1.82, 2.24) is 10.2 Å². The first-order chi connectivity index (χ1) is 13.0.